The van der Waals surface area contributed by atoms with E-state index in [4.69, 9.17) is 0 Å². The summed E-state index contributed by atoms with van der Waals surface area (Å²) in [6, 6.07) is 0. The Morgan fingerprint density at radius 2 is 2.09 bits per heavy atom. The second-order valence-electron chi connectivity index (χ2n) is 3.92. The van der Waals surface area contributed by atoms with Gasteiger partial charge in [-0.3, -0.25) is 0 Å². The summed E-state index contributed by atoms with van der Waals surface area (Å²) in [7, 11) is 0. The summed E-state index contributed by atoms with van der Waals surface area (Å²) in [6.45, 7) is 0. The van der Waals surface area contributed by atoms with E-state index in [1.807, 2.05) is 12.2 Å². The van der Waals surface area contributed by atoms with Gasteiger partial charge in [0.25, 0.3) is 0 Å². The molecule has 0 aromatic carbocycles. The van der Waals surface area contributed by atoms with E-state index in [0.717, 1.165) is 6.29 Å². The Bertz CT molecular complexity index is 220. The first-order chi connectivity index (χ1) is 5.05. The molecule has 0 amide bonds. The van der Waals surface area contributed by atoms with Crippen LogP contribution >= 0.6 is 0 Å². The topological polar surface area (TPSA) is 17.1 Å². The van der Waals surface area contributed by atoms with E-state index in [9.17, 15) is 4.79 Å². The normalized spacial score (nSPS) is 23.5. The van der Waals surface area contributed by atoms with E-state index in [1.54, 1.807) is 0 Å². The van der Waals surface area contributed by atoms with Crippen LogP contribution in [-0.4, -0.2) is 24.7 Å². The third kappa shape index (κ3) is 1.95. The van der Waals surface area contributed by atoms with Gasteiger partial charge in [0, 0.05) is 0 Å². The van der Waals surface area contributed by atoms with Crippen molar-refractivity contribution in [2.75, 3.05) is 0 Å². The SMILES string of the molecule is [CH3][Sn]([CH3])([CH3])[C]1=CC=CC1C=O. The Labute approximate surface area is 72.1 Å². The Kier molecular flexibility index (Phi) is 2.57. The van der Waals surface area contributed by atoms with E-state index < -0.39 is 18.4 Å². The van der Waals surface area contributed by atoms with Crippen molar-refractivity contribution in [3.8, 4) is 0 Å². The van der Waals surface area contributed by atoms with Crippen LogP contribution in [0.5, 0.6) is 0 Å². The van der Waals surface area contributed by atoms with Crippen molar-refractivity contribution >= 4 is 24.7 Å². The zero-order valence-corrected chi connectivity index (χ0v) is 10.1. The molecule has 0 radical (unpaired) electrons. The molecule has 1 aliphatic carbocycles. The first kappa shape index (κ1) is 9.04. The van der Waals surface area contributed by atoms with Crippen LogP contribution in [0.1, 0.15) is 0 Å². The number of carbonyl (C=O) groups is 1. The van der Waals surface area contributed by atoms with Crippen LogP contribution in [0.25, 0.3) is 0 Å². The van der Waals surface area contributed by atoms with E-state index in [2.05, 4.69) is 20.9 Å². The summed E-state index contributed by atoms with van der Waals surface area (Å²) in [6.07, 6.45) is 7.19. The van der Waals surface area contributed by atoms with Gasteiger partial charge in [0.05, 0.1) is 0 Å². The van der Waals surface area contributed by atoms with Gasteiger partial charge in [-0.15, -0.1) is 0 Å². The Morgan fingerprint density at radius 3 is 2.45 bits per heavy atom. The summed E-state index contributed by atoms with van der Waals surface area (Å²) in [5.41, 5.74) is 0. The third-order valence-electron chi connectivity index (χ3n) is 1.97. The minimum absolute atomic E-state index is 0.116. The predicted octanol–water partition coefficient (Wildman–Crippen LogP) is 2.18. The maximum absolute atomic E-state index is 10.6. The molecule has 1 nitrogen and oxygen atoms in total. The molecule has 0 fully saturated rings. The maximum atomic E-state index is 10.6. The number of carbonyl (C=O) groups excluding carboxylic acids is 1. The number of hydrogen-bond donors (Lipinski definition) is 0. The molecule has 0 spiro atoms. The van der Waals surface area contributed by atoms with Crippen molar-refractivity contribution in [1.82, 2.24) is 0 Å². The predicted molar refractivity (Wildman–Crippen MR) is 50.1 cm³/mol. The molecule has 2 heteroatoms. The monoisotopic (exact) mass is 258 g/mol. The molecular weight excluding hydrogens is 243 g/mol. The number of rotatable bonds is 2. The van der Waals surface area contributed by atoms with E-state index in [-0.39, 0.29) is 5.92 Å². The van der Waals surface area contributed by atoms with Crippen molar-refractivity contribution in [3.63, 3.8) is 0 Å². The first-order valence-electron chi connectivity index (χ1n) is 3.90. The zero-order chi connectivity index (χ0) is 8.48. The standard InChI is InChI=1S/C6H5O.3CH3.Sn/c7-5-6-3-1-2-4-6;;;;/h1-3,5-6H;3*1H3;. The van der Waals surface area contributed by atoms with Crippen LogP contribution in [0.4, 0.5) is 0 Å². The molecule has 1 unspecified atom stereocenters. The third-order valence-corrected chi connectivity index (χ3v) is 8.34. The summed E-state index contributed by atoms with van der Waals surface area (Å²) >= 11 is -1.94. The second kappa shape index (κ2) is 3.13. The Hall–Kier alpha value is -0.0513. The summed E-state index contributed by atoms with van der Waals surface area (Å²) in [5, 5.41) is 0. The fourth-order valence-electron chi connectivity index (χ4n) is 1.36. The summed E-state index contributed by atoms with van der Waals surface area (Å²) in [4.78, 5) is 17.6. The molecule has 0 aromatic heterocycles. The molecule has 0 aliphatic heterocycles. The summed E-state index contributed by atoms with van der Waals surface area (Å²) < 4.78 is 1.43. The van der Waals surface area contributed by atoms with Gasteiger partial charge in [-0.25, -0.2) is 0 Å². The van der Waals surface area contributed by atoms with E-state index in [0.29, 0.717) is 0 Å². The number of aldehydes is 1. The average molecular weight is 257 g/mol. The molecule has 0 saturated carbocycles. The van der Waals surface area contributed by atoms with Crippen LogP contribution in [0.2, 0.25) is 14.8 Å². The van der Waals surface area contributed by atoms with Gasteiger partial charge in [0.15, 0.2) is 0 Å². The van der Waals surface area contributed by atoms with Crippen molar-refractivity contribution in [2.45, 2.75) is 14.8 Å². The van der Waals surface area contributed by atoms with Gasteiger partial charge >= 0.3 is 72.0 Å². The molecular formula is C9H14OSn. The second-order valence-corrected chi connectivity index (χ2v) is 18.4. The fraction of sp³-hybridized carbons (Fsp3) is 0.444. The Balaban J connectivity index is 2.84. The van der Waals surface area contributed by atoms with E-state index in [1.165, 1.54) is 3.59 Å². The van der Waals surface area contributed by atoms with Gasteiger partial charge in [0.2, 0.25) is 0 Å². The number of hydrogen-bond acceptors (Lipinski definition) is 1. The number of allylic oxidation sites excluding steroid dienone is 4. The molecule has 11 heavy (non-hydrogen) atoms. The van der Waals surface area contributed by atoms with Gasteiger partial charge in [-0.2, -0.15) is 0 Å². The molecule has 0 bridgehead atoms. The molecule has 1 rings (SSSR count). The summed E-state index contributed by atoms with van der Waals surface area (Å²) in [5.74, 6) is 0.116. The molecule has 60 valence electrons. The van der Waals surface area contributed by atoms with Crippen LogP contribution in [0, 0.1) is 5.92 Å². The van der Waals surface area contributed by atoms with Crippen molar-refractivity contribution in [1.29, 1.82) is 0 Å². The molecule has 1 atom stereocenters. The molecule has 0 saturated heterocycles. The fourth-order valence-corrected chi connectivity index (χ4v) is 6.39. The van der Waals surface area contributed by atoms with Crippen LogP contribution in [0.15, 0.2) is 21.8 Å². The zero-order valence-electron chi connectivity index (χ0n) is 7.29. The first-order valence-corrected chi connectivity index (χ1v) is 13.9. The molecule has 0 heterocycles. The van der Waals surface area contributed by atoms with Crippen molar-refractivity contribution < 1.29 is 4.79 Å². The van der Waals surface area contributed by atoms with Crippen molar-refractivity contribution in [3.05, 3.63) is 21.8 Å². The van der Waals surface area contributed by atoms with Crippen LogP contribution in [0.3, 0.4) is 0 Å². The van der Waals surface area contributed by atoms with E-state index >= 15 is 0 Å². The van der Waals surface area contributed by atoms with Gasteiger partial charge in [-0.1, -0.05) is 0 Å². The molecule has 0 N–H and O–H groups in total. The van der Waals surface area contributed by atoms with Gasteiger partial charge < -0.3 is 0 Å². The van der Waals surface area contributed by atoms with Crippen molar-refractivity contribution in [2.24, 2.45) is 5.92 Å². The molecule has 0 aromatic rings. The van der Waals surface area contributed by atoms with Gasteiger partial charge in [0.1, 0.15) is 0 Å². The van der Waals surface area contributed by atoms with Crippen LogP contribution < -0.4 is 0 Å². The van der Waals surface area contributed by atoms with Crippen LogP contribution in [-0.2, 0) is 4.79 Å². The average Bonchev–Trinajstić information content (AvgIpc) is 2.31. The van der Waals surface area contributed by atoms with Gasteiger partial charge in [-0.05, 0) is 0 Å². The Morgan fingerprint density at radius 1 is 1.45 bits per heavy atom. The molecule has 1 aliphatic rings. The minimum atomic E-state index is -1.94. The quantitative estimate of drug-likeness (QED) is 0.547.